The van der Waals surface area contributed by atoms with Crippen LogP contribution in [0.15, 0.2) is 22.3 Å². The lowest BCUT2D eigenvalue weighted by atomic mass is 9.76. The first-order chi connectivity index (χ1) is 11.9. The Morgan fingerprint density at radius 1 is 1.48 bits per heavy atom. The average molecular weight is 361 g/mol. The normalized spacial score (nSPS) is 20.8. The van der Waals surface area contributed by atoms with Crippen LogP contribution >= 0.6 is 11.3 Å². The van der Waals surface area contributed by atoms with E-state index >= 15 is 0 Å². The lowest BCUT2D eigenvalue weighted by Gasteiger charge is -2.37. The van der Waals surface area contributed by atoms with E-state index < -0.39 is 0 Å². The number of hydrogen-bond acceptors (Lipinski definition) is 5. The molecule has 1 aliphatic rings. The maximum Gasteiger partial charge on any atom is 0.345 e. The first-order valence-corrected chi connectivity index (χ1v) is 9.39. The number of aryl methyl sites for hydroxylation is 2. The Hall–Kier alpha value is -1.99. The second-order valence-electron chi connectivity index (χ2n) is 6.68. The predicted molar refractivity (Wildman–Crippen MR) is 96.6 cm³/mol. The van der Waals surface area contributed by atoms with Crippen molar-refractivity contribution in [3.05, 3.63) is 49.8 Å². The highest BCUT2D eigenvalue weighted by Crippen LogP contribution is 2.39. The summed E-state index contributed by atoms with van der Waals surface area (Å²) in [6.45, 7) is 3.62. The zero-order valence-electron chi connectivity index (χ0n) is 14.4. The summed E-state index contributed by atoms with van der Waals surface area (Å²) in [7, 11) is 0. The molecule has 1 amide bonds. The van der Waals surface area contributed by atoms with Crippen molar-refractivity contribution < 1.29 is 9.90 Å². The third-order valence-corrected chi connectivity index (χ3v) is 5.80. The van der Waals surface area contributed by atoms with E-state index in [0.29, 0.717) is 18.5 Å². The van der Waals surface area contributed by atoms with Crippen molar-refractivity contribution >= 4 is 17.2 Å². The molecule has 0 bridgehead atoms. The number of aliphatic hydroxyl groups excluding tert-OH is 1. The molecule has 1 atom stereocenters. The first-order valence-electron chi connectivity index (χ1n) is 8.51. The van der Waals surface area contributed by atoms with E-state index in [4.69, 9.17) is 0 Å². The number of thiophene rings is 1. The summed E-state index contributed by atoms with van der Waals surface area (Å²) in [5, 5.41) is 14.7. The number of carbonyl (C=O) groups excluding carboxylic acids is 1. The number of nitrogens with one attached hydrogen (secondary N) is 2. The Labute approximate surface area is 150 Å². The van der Waals surface area contributed by atoms with Gasteiger partial charge >= 0.3 is 5.69 Å². The van der Waals surface area contributed by atoms with Crippen molar-refractivity contribution in [2.45, 2.75) is 51.7 Å². The van der Waals surface area contributed by atoms with Gasteiger partial charge in [-0.05, 0) is 56.0 Å². The minimum Gasteiger partial charge on any atom is -0.393 e. The third-order valence-electron chi connectivity index (χ3n) is 4.84. The predicted octanol–water partition coefficient (Wildman–Crippen LogP) is 2.01. The van der Waals surface area contributed by atoms with E-state index in [1.54, 1.807) is 18.3 Å². The van der Waals surface area contributed by atoms with Crippen molar-refractivity contribution in [2.24, 2.45) is 5.92 Å². The summed E-state index contributed by atoms with van der Waals surface area (Å²) in [6.07, 6.45) is 2.09. The number of aromatic amines is 1. The fourth-order valence-electron chi connectivity index (χ4n) is 3.40. The molecule has 0 aromatic carbocycles. The van der Waals surface area contributed by atoms with Crippen LogP contribution in [0.4, 0.5) is 0 Å². The molecule has 6 nitrogen and oxygen atoms in total. The van der Waals surface area contributed by atoms with Gasteiger partial charge in [0.05, 0.1) is 12.1 Å². The van der Waals surface area contributed by atoms with Crippen molar-refractivity contribution in [1.82, 2.24) is 15.3 Å². The van der Waals surface area contributed by atoms with Crippen LogP contribution in [-0.4, -0.2) is 27.1 Å². The van der Waals surface area contributed by atoms with Gasteiger partial charge in [-0.1, -0.05) is 6.07 Å². The van der Waals surface area contributed by atoms with Crippen molar-refractivity contribution in [2.75, 3.05) is 0 Å². The molecule has 3 rings (SSSR count). The van der Waals surface area contributed by atoms with Gasteiger partial charge in [-0.25, -0.2) is 4.79 Å². The molecule has 134 valence electrons. The highest BCUT2D eigenvalue weighted by molar-refractivity contribution is 7.10. The van der Waals surface area contributed by atoms with Crippen LogP contribution in [0.2, 0.25) is 0 Å². The molecule has 0 saturated heterocycles. The van der Waals surface area contributed by atoms with Crippen LogP contribution in [0, 0.1) is 19.8 Å². The molecular weight excluding hydrogens is 338 g/mol. The summed E-state index contributed by atoms with van der Waals surface area (Å²) >= 11 is 1.63. The Morgan fingerprint density at radius 2 is 2.24 bits per heavy atom. The largest absolute Gasteiger partial charge is 0.393 e. The van der Waals surface area contributed by atoms with E-state index in [0.717, 1.165) is 29.0 Å². The number of hydrogen-bond donors (Lipinski definition) is 3. The maximum absolute atomic E-state index is 12.5. The lowest BCUT2D eigenvalue weighted by Crippen LogP contribution is -2.41. The smallest absolute Gasteiger partial charge is 0.345 e. The van der Waals surface area contributed by atoms with Crippen LogP contribution < -0.4 is 11.0 Å². The number of rotatable bonds is 6. The molecule has 1 aliphatic carbocycles. The second-order valence-corrected chi connectivity index (χ2v) is 7.66. The quantitative estimate of drug-likeness (QED) is 0.733. The molecule has 0 radical (unpaired) electrons. The molecule has 2 aromatic heterocycles. The zero-order chi connectivity index (χ0) is 18.0. The molecule has 7 heteroatoms. The van der Waals surface area contributed by atoms with Crippen molar-refractivity contribution in [3.63, 3.8) is 0 Å². The number of aromatic nitrogens is 2. The fraction of sp³-hybridized carbons (Fsp3) is 0.500. The standard InChI is InChI=1S/C18H23N3O3S/c1-10-14(11(2)20-18(24)19-10)5-6-16(23)21-17(12-8-13(22)9-12)15-4-3-7-25-15/h3-4,7,12-13,17,22H,5-6,8-9H2,1-2H3,(H,21,23)(H,19,20,24)/t12?,13?,17-/m0/s1. The van der Waals surface area contributed by atoms with E-state index in [2.05, 4.69) is 15.3 Å². The van der Waals surface area contributed by atoms with Crippen molar-refractivity contribution in [3.8, 4) is 0 Å². The Kier molecular flexibility index (Phi) is 5.34. The van der Waals surface area contributed by atoms with E-state index in [1.807, 2.05) is 24.4 Å². The average Bonchev–Trinajstić information content (AvgIpc) is 3.03. The molecular formula is C18H23N3O3S. The molecule has 2 aromatic rings. The summed E-state index contributed by atoms with van der Waals surface area (Å²) in [6, 6.07) is 3.97. The van der Waals surface area contributed by atoms with Crippen LogP contribution in [0.1, 0.15) is 47.1 Å². The van der Waals surface area contributed by atoms with Crippen LogP contribution in [0.3, 0.4) is 0 Å². The second kappa shape index (κ2) is 7.49. The minimum absolute atomic E-state index is 0.0233. The fourth-order valence-corrected chi connectivity index (χ4v) is 4.27. The maximum atomic E-state index is 12.5. The Balaban J connectivity index is 1.64. The van der Waals surface area contributed by atoms with Gasteiger partial charge in [0, 0.05) is 22.7 Å². The van der Waals surface area contributed by atoms with Gasteiger partial charge in [0.25, 0.3) is 0 Å². The molecule has 2 heterocycles. The third kappa shape index (κ3) is 4.16. The number of aliphatic hydroxyl groups is 1. The summed E-state index contributed by atoms with van der Waals surface area (Å²) in [5.41, 5.74) is 2.00. The molecule has 0 aliphatic heterocycles. The first kappa shape index (κ1) is 17.8. The van der Waals surface area contributed by atoms with E-state index in [-0.39, 0.29) is 29.7 Å². The van der Waals surface area contributed by atoms with Crippen LogP contribution in [-0.2, 0) is 11.2 Å². The SMILES string of the molecule is Cc1nc(=O)[nH]c(C)c1CCC(=O)N[C@H](c1cccs1)C1CC(O)C1. The summed E-state index contributed by atoms with van der Waals surface area (Å²) in [5.74, 6) is 0.264. The molecule has 1 saturated carbocycles. The number of nitrogens with zero attached hydrogens (tertiary/aromatic N) is 1. The van der Waals surface area contributed by atoms with E-state index in [9.17, 15) is 14.7 Å². The number of amides is 1. The lowest BCUT2D eigenvalue weighted by molar-refractivity contribution is -0.123. The van der Waals surface area contributed by atoms with Gasteiger partial charge in [0.2, 0.25) is 5.91 Å². The van der Waals surface area contributed by atoms with Gasteiger partial charge in [0.1, 0.15) is 0 Å². The summed E-state index contributed by atoms with van der Waals surface area (Å²) < 4.78 is 0. The van der Waals surface area contributed by atoms with Gasteiger partial charge in [-0.2, -0.15) is 4.98 Å². The number of carbonyl (C=O) groups is 1. The Bertz CT molecular complexity index is 768. The Morgan fingerprint density at radius 3 is 2.84 bits per heavy atom. The van der Waals surface area contributed by atoms with Crippen LogP contribution in [0.5, 0.6) is 0 Å². The number of H-pyrrole nitrogens is 1. The van der Waals surface area contributed by atoms with Gasteiger partial charge in [0.15, 0.2) is 0 Å². The molecule has 0 spiro atoms. The molecule has 25 heavy (non-hydrogen) atoms. The van der Waals surface area contributed by atoms with Crippen LogP contribution in [0.25, 0.3) is 0 Å². The zero-order valence-corrected chi connectivity index (χ0v) is 15.2. The monoisotopic (exact) mass is 361 g/mol. The van der Waals surface area contributed by atoms with E-state index in [1.165, 1.54) is 0 Å². The topological polar surface area (TPSA) is 95.1 Å². The molecule has 1 fully saturated rings. The minimum atomic E-state index is -0.357. The van der Waals surface area contributed by atoms with Gasteiger partial charge < -0.3 is 15.4 Å². The highest BCUT2D eigenvalue weighted by atomic mass is 32.1. The van der Waals surface area contributed by atoms with Gasteiger partial charge in [-0.15, -0.1) is 11.3 Å². The highest BCUT2D eigenvalue weighted by Gasteiger charge is 2.36. The van der Waals surface area contributed by atoms with Gasteiger partial charge in [-0.3, -0.25) is 4.79 Å². The van der Waals surface area contributed by atoms with Crippen molar-refractivity contribution in [1.29, 1.82) is 0 Å². The molecule has 0 unspecified atom stereocenters. The molecule has 3 N–H and O–H groups in total. The summed E-state index contributed by atoms with van der Waals surface area (Å²) in [4.78, 5) is 31.5.